The first-order chi connectivity index (χ1) is 9.45. The lowest BCUT2D eigenvalue weighted by Crippen LogP contribution is -2.21. The summed E-state index contributed by atoms with van der Waals surface area (Å²) < 4.78 is 0.807. The Balaban J connectivity index is 2.69. The number of pyridine rings is 1. The molecule has 0 atom stereocenters. The molecule has 0 bridgehead atoms. The highest BCUT2D eigenvalue weighted by Gasteiger charge is 2.20. The number of H-pyrrole nitrogens is 1. The fraction of sp³-hybridized carbons (Fsp3) is 0.200. The third kappa shape index (κ3) is 2.54. The minimum absolute atomic E-state index is 0.0163. The molecule has 0 amide bonds. The third-order valence-electron chi connectivity index (χ3n) is 3.24. The highest BCUT2D eigenvalue weighted by molar-refractivity contribution is 9.10. The molecule has 3 N–H and O–H groups in total. The van der Waals surface area contributed by atoms with Gasteiger partial charge in [-0.3, -0.25) is 9.59 Å². The molecule has 2 rings (SSSR count). The van der Waals surface area contributed by atoms with E-state index in [1.165, 1.54) is 0 Å². The normalized spacial score (nSPS) is 10.6. The lowest BCUT2D eigenvalue weighted by atomic mass is 9.95. The van der Waals surface area contributed by atoms with Gasteiger partial charge >= 0.3 is 0 Å². The average Bonchev–Trinajstić information content (AvgIpc) is 2.41. The van der Waals surface area contributed by atoms with E-state index >= 15 is 0 Å². The zero-order valence-electron chi connectivity index (χ0n) is 11.3. The van der Waals surface area contributed by atoms with Crippen LogP contribution >= 0.6 is 15.9 Å². The Hall–Kier alpha value is -1.88. The van der Waals surface area contributed by atoms with E-state index in [1.54, 1.807) is 25.1 Å². The SMILES string of the molecule is CCc1c(C)[nH]c(=O)c(N)c1C(=O)c1cccc(Br)c1. The van der Waals surface area contributed by atoms with E-state index in [0.717, 1.165) is 10.0 Å². The molecule has 0 aliphatic rings. The van der Waals surface area contributed by atoms with Crippen molar-refractivity contribution in [3.05, 3.63) is 61.5 Å². The molecule has 0 aliphatic heterocycles. The van der Waals surface area contributed by atoms with Crippen LogP contribution in [-0.2, 0) is 6.42 Å². The number of nitrogen functional groups attached to an aromatic ring is 1. The molecule has 0 saturated carbocycles. The average molecular weight is 335 g/mol. The van der Waals surface area contributed by atoms with Crippen molar-refractivity contribution >= 4 is 27.4 Å². The molecular formula is C15H15BrN2O2. The van der Waals surface area contributed by atoms with E-state index in [1.807, 2.05) is 13.0 Å². The van der Waals surface area contributed by atoms with Crippen LogP contribution in [0.5, 0.6) is 0 Å². The predicted molar refractivity (Wildman–Crippen MR) is 83.2 cm³/mol. The van der Waals surface area contributed by atoms with Crippen molar-refractivity contribution in [2.45, 2.75) is 20.3 Å². The van der Waals surface area contributed by atoms with Crippen molar-refractivity contribution in [3.8, 4) is 0 Å². The van der Waals surface area contributed by atoms with Gasteiger partial charge in [0.25, 0.3) is 5.56 Å². The summed E-state index contributed by atoms with van der Waals surface area (Å²) in [5.41, 5.74) is 7.68. The number of rotatable bonds is 3. The van der Waals surface area contributed by atoms with Crippen LogP contribution in [0.3, 0.4) is 0 Å². The number of hydrogen-bond donors (Lipinski definition) is 2. The largest absolute Gasteiger partial charge is 0.394 e. The fourth-order valence-electron chi connectivity index (χ4n) is 2.25. The maximum atomic E-state index is 12.6. The monoisotopic (exact) mass is 334 g/mol. The first-order valence-corrected chi connectivity index (χ1v) is 7.06. The number of aromatic nitrogens is 1. The predicted octanol–water partition coefficient (Wildman–Crippen LogP) is 2.82. The van der Waals surface area contributed by atoms with Gasteiger partial charge in [0.15, 0.2) is 5.78 Å². The summed E-state index contributed by atoms with van der Waals surface area (Å²) in [6.07, 6.45) is 0.627. The van der Waals surface area contributed by atoms with Crippen molar-refractivity contribution in [2.75, 3.05) is 5.73 Å². The van der Waals surface area contributed by atoms with Crippen LogP contribution in [0.15, 0.2) is 33.5 Å². The maximum absolute atomic E-state index is 12.6. The van der Waals surface area contributed by atoms with Gasteiger partial charge < -0.3 is 10.7 Å². The van der Waals surface area contributed by atoms with Gasteiger partial charge in [0.2, 0.25) is 0 Å². The topological polar surface area (TPSA) is 75.9 Å². The summed E-state index contributed by atoms with van der Waals surface area (Å²) >= 11 is 3.33. The van der Waals surface area contributed by atoms with Crippen molar-refractivity contribution < 1.29 is 4.79 Å². The molecule has 1 heterocycles. The number of nitrogens with one attached hydrogen (secondary N) is 1. The Bertz CT molecular complexity index is 735. The van der Waals surface area contributed by atoms with Crippen LogP contribution in [0.2, 0.25) is 0 Å². The number of carbonyl (C=O) groups is 1. The fourth-order valence-corrected chi connectivity index (χ4v) is 2.65. The molecule has 1 aromatic heterocycles. The molecule has 0 radical (unpaired) electrons. The number of carbonyl (C=O) groups excluding carboxylic acids is 1. The van der Waals surface area contributed by atoms with E-state index in [0.29, 0.717) is 23.2 Å². The number of aryl methyl sites for hydroxylation is 1. The molecule has 104 valence electrons. The van der Waals surface area contributed by atoms with Crippen molar-refractivity contribution in [1.82, 2.24) is 4.98 Å². The van der Waals surface area contributed by atoms with Crippen LogP contribution < -0.4 is 11.3 Å². The molecule has 0 fully saturated rings. The zero-order chi connectivity index (χ0) is 14.9. The molecule has 0 unspecified atom stereocenters. The van der Waals surface area contributed by atoms with Gasteiger partial charge in [0, 0.05) is 15.7 Å². The molecule has 20 heavy (non-hydrogen) atoms. The Morgan fingerprint density at radius 1 is 1.40 bits per heavy atom. The van der Waals surface area contributed by atoms with Gasteiger partial charge in [-0.1, -0.05) is 35.0 Å². The van der Waals surface area contributed by atoms with Gasteiger partial charge in [-0.05, 0) is 31.0 Å². The van der Waals surface area contributed by atoms with E-state index in [-0.39, 0.29) is 11.5 Å². The maximum Gasteiger partial charge on any atom is 0.272 e. The molecule has 5 heteroatoms. The summed E-state index contributed by atoms with van der Waals surface area (Å²) in [5.74, 6) is -0.227. The van der Waals surface area contributed by atoms with E-state index in [4.69, 9.17) is 5.73 Å². The Morgan fingerprint density at radius 2 is 2.10 bits per heavy atom. The summed E-state index contributed by atoms with van der Waals surface area (Å²) in [6, 6.07) is 7.04. The Labute approximate surface area is 125 Å². The number of halogens is 1. The summed E-state index contributed by atoms with van der Waals surface area (Å²) in [5, 5.41) is 0. The molecule has 1 aromatic carbocycles. The quantitative estimate of drug-likeness (QED) is 0.847. The number of ketones is 1. The Kier molecular flexibility index (Phi) is 4.09. The minimum atomic E-state index is -0.418. The van der Waals surface area contributed by atoms with Crippen molar-refractivity contribution in [3.63, 3.8) is 0 Å². The van der Waals surface area contributed by atoms with Crippen LogP contribution in [0.4, 0.5) is 5.69 Å². The highest BCUT2D eigenvalue weighted by Crippen LogP contribution is 2.22. The van der Waals surface area contributed by atoms with Crippen LogP contribution in [-0.4, -0.2) is 10.8 Å². The molecule has 0 saturated heterocycles. The lowest BCUT2D eigenvalue weighted by Gasteiger charge is -2.12. The van der Waals surface area contributed by atoms with Gasteiger partial charge in [0.05, 0.1) is 5.56 Å². The number of hydrogen-bond acceptors (Lipinski definition) is 3. The minimum Gasteiger partial charge on any atom is -0.394 e. The second-order valence-corrected chi connectivity index (χ2v) is 5.46. The highest BCUT2D eigenvalue weighted by atomic mass is 79.9. The van der Waals surface area contributed by atoms with Crippen molar-refractivity contribution in [1.29, 1.82) is 0 Å². The van der Waals surface area contributed by atoms with Crippen LogP contribution in [0.25, 0.3) is 0 Å². The number of anilines is 1. The van der Waals surface area contributed by atoms with Crippen LogP contribution in [0, 0.1) is 6.92 Å². The second kappa shape index (κ2) is 5.63. The lowest BCUT2D eigenvalue weighted by molar-refractivity contribution is 0.103. The zero-order valence-corrected chi connectivity index (χ0v) is 12.9. The molecule has 0 spiro atoms. The van der Waals surface area contributed by atoms with Gasteiger partial charge in [0.1, 0.15) is 5.69 Å². The van der Waals surface area contributed by atoms with Crippen LogP contribution in [0.1, 0.15) is 34.1 Å². The van der Waals surface area contributed by atoms with Crippen molar-refractivity contribution in [2.24, 2.45) is 0 Å². The number of nitrogens with two attached hydrogens (primary N) is 1. The smallest absolute Gasteiger partial charge is 0.272 e. The summed E-state index contributed by atoms with van der Waals surface area (Å²) in [4.78, 5) is 27.1. The standard InChI is InChI=1S/C15H15BrN2O2/c1-3-11-8(2)18-15(20)13(17)12(11)14(19)9-5-4-6-10(16)7-9/h4-7H,3,17H2,1-2H3,(H,18,20). The van der Waals surface area contributed by atoms with E-state index < -0.39 is 5.56 Å². The van der Waals surface area contributed by atoms with E-state index in [9.17, 15) is 9.59 Å². The second-order valence-electron chi connectivity index (χ2n) is 4.54. The van der Waals surface area contributed by atoms with Gasteiger partial charge in [-0.2, -0.15) is 0 Å². The first-order valence-electron chi connectivity index (χ1n) is 6.27. The van der Waals surface area contributed by atoms with Gasteiger partial charge in [-0.15, -0.1) is 0 Å². The number of aromatic amines is 1. The molecule has 0 aliphatic carbocycles. The first kappa shape index (κ1) is 14.5. The molecular weight excluding hydrogens is 320 g/mol. The van der Waals surface area contributed by atoms with Gasteiger partial charge in [-0.25, -0.2) is 0 Å². The Morgan fingerprint density at radius 3 is 2.70 bits per heavy atom. The number of benzene rings is 1. The molecule has 4 nitrogen and oxygen atoms in total. The third-order valence-corrected chi connectivity index (χ3v) is 3.73. The summed E-state index contributed by atoms with van der Waals surface area (Å²) in [7, 11) is 0. The molecule has 2 aromatic rings. The van der Waals surface area contributed by atoms with E-state index in [2.05, 4.69) is 20.9 Å². The summed E-state index contributed by atoms with van der Waals surface area (Å²) in [6.45, 7) is 3.70.